The third-order valence-corrected chi connectivity index (χ3v) is 22.2. The van der Waals surface area contributed by atoms with Gasteiger partial charge in [0.15, 0.2) is 0 Å². The number of rotatable bonds is 15. The first-order valence-electron chi connectivity index (χ1n) is 37.1. The van der Waals surface area contributed by atoms with E-state index in [2.05, 4.69) is 78.1 Å². The number of aliphatic hydroxyl groups excluding tert-OH is 1. The van der Waals surface area contributed by atoms with Crippen molar-refractivity contribution in [2.75, 3.05) is 63.5 Å². The molecule has 7 aliphatic heterocycles. The van der Waals surface area contributed by atoms with E-state index < -0.39 is 154 Å². The number of aliphatic hydroxyl groups is 1. The molecule has 23 nitrogen and oxygen atoms in total. The number of hydrogen-bond acceptors (Lipinski definition) is 19. The third kappa shape index (κ3) is 19.0. The van der Waals surface area contributed by atoms with Gasteiger partial charge in [-0.1, -0.05) is 80.4 Å². The van der Waals surface area contributed by atoms with Crippen molar-refractivity contribution in [3.63, 3.8) is 0 Å². The predicted molar refractivity (Wildman–Crippen MR) is 420 cm³/mol. The van der Waals surface area contributed by atoms with Gasteiger partial charge in [-0.2, -0.15) is 0 Å². The number of carbonyl (C=O) groups is 4. The molecule has 0 unspecified atom stereocenters. The van der Waals surface area contributed by atoms with Crippen molar-refractivity contribution in [3.05, 3.63) is 258 Å². The Morgan fingerprint density at radius 2 is 0.800 bits per heavy atom. The van der Waals surface area contributed by atoms with Crippen LogP contribution >= 0.6 is 31.9 Å². The molecule has 9 heterocycles. The van der Waals surface area contributed by atoms with E-state index in [1.165, 1.54) is 66.9 Å². The minimum Gasteiger partial charge on any atom is -0.465 e. The van der Waals surface area contributed by atoms with Crippen molar-refractivity contribution in [2.45, 2.75) is 112 Å². The lowest BCUT2D eigenvalue weighted by Gasteiger charge is -2.37. The van der Waals surface area contributed by atoms with Crippen molar-refractivity contribution in [1.82, 2.24) is 20.6 Å². The molecule has 7 aliphatic rings. The van der Waals surface area contributed by atoms with Crippen LogP contribution in [0.15, 0.2) is 194 Å². The molecule has 12 atom stereocenters. The third-order valence-electron chi connectivity index (χ3n) is 21.2. The summed E-state index contributed by atoms with van der Waals surface area (Å²) in [6.45, 7) is 3.98. The van der Waals surface area contributed by atoms with Crippen LogP contribution in [0.25, 0.3) is 0 Å². The van der Waals surface area contributed by atoms with E-state index in [9.17, 15) is 72.6 Å². The molecule has 9 N–H and O–H groups in total. The highest BCUT2D eigenvalue weighted by Gasteiger charge is 2.64. The Bertz CT molecular complexity index is 5210. The second-order valence-electron chi connectivity index (χ2n) is 30.0. The number of nitrogens with two attached hydrogens (primary N) is 2. The zero-order chi connectivity index (χ0) is 86.8. The molecular formula is C83H79Br2F12N11O12. The highest BCUT2D eigenvalue weighted by Crippen LogP contribution is 2.54. The number of aliphatic imine (C=N–C) groups is 3. The fourth-order valence-corrected chi connectivity index (χ4v) is 16.0. The van der Waals surface area contributed by atoms with Crippen molar-refractivity contribution < 1.29 is 110 Å². The number of carbonyl (C=O) groups excluding carboxylic acids is 4. The normalized spacial score (nSPS) is 25.4. The zero-order valence-corrected chi connectivity index (χ0v) is 67.7. The molecule has 636 valence electrons. The van der Waals surface area contributed by atoms with Crippen LogP contribution in [0.1, 0.15) is 103 Å². The number of fused-ring (bicyclic) bond motifs is 3. The number of anilines is 2. The number of pyridine rings is 2. The molecule has 4 saturated heterocycles. The first-order valence-corrected chi connectivity index (χ1v) is 38.7. The molecule has 37 heteroatoms. The largest absolute Gasteiger partial charge is 0.465 e. The van der Waals surface area contributed by atoms with Crippen LogP contribution in [0.5, 0.6) is 0 Å². The molecule has 0 aliphatic carbocycles. The molecule has 0 radical (unpaired) electrons. The van der Waals surface area contributed by atoms with Gasteiger partial charge in [0.05, 0.1) is 76.1 Å². The summed E-state index contributed by atoms with van der Waals surface area (Å²) in [6, 6.07) is 38.6. The number of halogens is 14. The molecular weight excluding hydrogens is 1730 g/mol. The summed E-state index contributed by atoms with van der Waals surface area (Å²) in [5, 5.41) is 19.8. The summed E-state index contributed by atoms with van der Waals surface area (Å²) in [5.41, 5.74) is 9.01. The van der Waals surface area contributed by atoms with Gasteiger partial charge in [0.1, 0.15) is 75.7 Å². The molecule has 15 rings (SSSR count). The Balaban J connectivity index is 0.000000150. The fourth-order valence-electron chi connectivity index (χ4n) is 15.3. The Labute approximate surface area is 695 Å². The van der Waals surface area contributed by atoms with Crippen LogP contribution in [0.3, 0.4) is 0 Å². The molecule has 4 amide bonds. The number of benzene rings is 6. The summed E-state index contributed by atoms with van der Waals surface area (Å²) < 4.78 is 211. The van der Waals surface area contributed by atoms with Crippen LogP contribution in [0.2, 0.25) is 0 Å². The summed E-state index contributed by atoms with van der Waals surface area (Å²) >= 11 is 6.48. The Morgan fingerprint density at radius 1 is 0.450 bits per heavy atom. The quantitative estimate of drug-likeness (QED) is 0.0469. The zero-order valence-electron chi connectivity index (χ0n) is 64.6. The fraction of sp³-hybridized carbons (Fsp3) is 0.361. The molecule has 8 aromatic rings. The standard InChI is InChI=1S/C28H25F3N4O4.C21H18BrF3N2O3.C21H21F3N4O3.C13H15BrF3NO2/c1-16-8-11-22(32-13-16)25(37)33-18-9-10-21(29)19(12-18)28-15-39-23(27(2,30)31)20(28)14-38-26(35-28)34-24(36)17-6-4-3-5-7-17;1-20(24,25)17-15-10-29-19(26-18(28)12-5-3-2-4-6-12)27-21(15,11-30-17)14-9-13(22)7-8-16(14)23;1-11-3-6-16(26-8-11)18(29)27-12-4-5-15(22)13(7-12)21-10-31-17(20(2,23)24)14(21)9-30-19(25)28-21;1-12(16,17)11-9(5-19)13(18,6-20-11)8-4-7(14)2-3-10(8)15/h3-13,20,23H,14-15H2,1-2H3,(H,33,37)(H,34,35,36);2-9,15,17H,10-11H2,1H3,(H,26,27,28);3-8,14,17H,9-10H2,1-2H3,(H2,25,28)(H,27,29);2-4,9,11,19H,5-6,18H2,1H3/t20-,23+,28-;15-,17+,21-;14-,17+,21-;9-,11+,13-/m1111/s1. The number of alkyl halides is 8. The van der Waals surface area contributed by atoms with Crippen molar-refractivity contribution >= 4 is 84.9 Å². The molecule has 4 fully saturated rings. The van der Waals surface area contributed by atoms with Gasteiger partial charge in [0.2, 0.25) is 0 Å². The highest BCUT2D eigenvalue weighted by atomic mass is 79.9. The van der Waals surface area contributed by atoms with Gasteiger partial charge in [-0.3, -0.25) is 39.8 Å². The second kappa shape index (κ2) is 35.3. The molecule has 0 bridgehead atoms. The number of hydrogen-bond donors (Lipinski definition) is 7. The Morgan fingerprint density at radius 3 is 1.18 bits per heavy atom. The maximum absolute atomic E-state index is 15.4. The van der Waals surface area contributed by atoms with E-state index in [1.54, 1.807) is 91.1 Å². The molecule has 0 saturated carbocycles. The molecule has 6 aromatic carbocycles. The van der Waals surface area contributed by atoms with Gasteiger partial charge < -0.3 is 60.4 Å². The van der Waals surface area contributed by atoms with Gasteiger partial charge in [-0.25, -0.2) is 67.7 Å². The van der Waals surface area contributed by atoms with E-state index in [0.29, 0.717) is 33.9 Å². The van der Waals surface area contributed by atoms with Crippen molar-refractivity contribution in [1.29, 1.82) is 0 Å². The average molecular weight is 1810 g/mol. The number of aromatic nitrogens is 2. The van der Waals surface area contributed by atoms with Crippen molar-refractivity contribution in [3.8, 4) is 0 Å². The topological polar surface area (TPSA) is 316 Å². The highest BCUT2D eigenvalue weighted by molar-refractivity contribution is 9.10. The summed E-state index contributed by atoms with van der Waals surface area (Å²) in [5.74, 6) is -21.6. The molecule has 2 aromatic heterocycles. The number of nitrogens with one attached hydrogen (secondary N) is 4. The monoisotopic (exact) mass is 1810 g/mol. The molecule has 120 heavy (non-hydrogen) atoms. The van der Waals surface area contributed by atoms with E-state index >= 15 is 4.39 Å². The van der Waals surface area contributed by atoms with Gasteiger partial charge in [0, 0.05) is 99.7 Å². The van der Waals surface area contributed by atoms with Gasteiger partial charge in [-0.05, 0) is 134 Å². The number of amides is 4. The van der Waals surface area contributed by atoms with Crippen LogP contribution in [0, 0.1) is 60.8 Å². The number of amidine groups is 3. The lowest BCUT2D eigenvalue weighted by Crippen LogP contribution is -2.50. The van der Waals surface area contributed by atoms with E-state index in [0.717, 1.165) is 37.1 Å². The predicted octanol–water partition coefficient (Wildman–Crippen LogP) is 14.1. The van der Waals surface area contributed by atoms with E-state index in [1.807, 2.05) is 13.8 Å². The lowest BCUT2D eigenvalue weighted by molar-refractivity contribution is -0.121. The minimum atomic E-state index is -3.28. The summed E-state index contributed by atoms with van der Waals surface area (Å²) in [4.78, 5) is 71.7. The van der Waals surface area contributed by atoms with E-state index in [4.69, 9.17) is 44.6 Å². The minimum absolute atomic E-state index is 0.00911. The van der Waals surface area contributed by atoms with Crippen LogP contribution in [-0.2, 0) is 55.3 Å². The second-order valence-corrected chi connectivity index (χ2v) is 31.8. The maximum atomic E-state index is 15.4. The van der Waals surface area contributed by atoms with Crippen LogP contribution in [-0.4, -0.2) is 158 Å². The van der Waals surface area contributed by atoms with E-state index in [-0.39, 0.29) is 103 Å². The summed E-state index contributed by atoms with van der Waals surface area (Å²) in [6.07, 6.45) is -3.12. The first-order chi connectivity index (χ1) is 56.6. The average Bonchev–Trinajstić information content (AvgIpc) is 1.57. The maximum Gasteiger partial charge on any atom is 0.292 e. The number of ether oxygens (including phenoxy) is 7. The van der Waals surface area contributed by atoms with Crippen LogP contribution < -0.4 is 32.7 Å². The Hall–Kier alpha value is -10.4. The number of aryl methyl sites for hydroxylation is 2. The smallest absolute Gasteiger partial charge is 0.292 e. The van der Waals surface area contributed by atoms with Crippen molar-refractivity contribution in [2.24, 2.45) is 50.1 Å². The van der Waals surface area contributed by atoms with Gasteiger partial charge >= 0.3 is 0 Å². The SMILES string of the molecule is CC(F)(F)[C@H]1OC[C@@](N)(c2cc(Br)ccc2F)[C@@H]1CO.CC(F)(F)[C@H]1OC[C@]2(c3cc(Br)ccc3F)N=C(NC(=O)c3ccccc3)OC[C@H]12.Cc1ccc(C(=O)Nc2ccc(F)c([C@]34CO[C@H](C(C)(F)F)[C@H]3COC(N)=N4)c2)nc1.Cc1ccc(C(=O)Nc2ccc(F)c([C@]34CO[C@H](C(C)(F)F)[C@H]3COC(NC(=O)c3ccccc3)=N4)c2)nc1. The Kier molecular flexibility index (Phi) is 26.2. The summed E-state index contributed by atoms with van der Waals surface area (Å²) in [7, 11) is 0. The first kappa shape index (κ1) is 88.9. The molecule has 0 spiro atoms. The lowest BCUT2D eigenvalue weighted by atomic mass is 9.76. The van der Waals surface area contributed by atoms with Gasteiger partial charge in [-0.15, -0.1) is 0 Å². The van der Waals surface area contributed by atoms with Crippen LogP contribution in [0.4, 0.5) is 64.1 Å². The van der Waals surface area contributed by atoms with Gasteiger partial charge in [0.25, 0.3) is 65.4 Å². The number of nitrogens with zero attached hydrogens (tertiary/aromatic N) is 5.